The molecule has 4 rings (SSSR count). The Bertz CT molecular complexity index is 1410. The van der Waals surface area contributed by atoms with Gasteiger partial charge in [-0.05, 0) is 61.3 Å². The Hall–Kier alpha value is -3.78. The minimum atomic E-state index is -0.676. The smallest absolute Gasteiger partial charge is 0.296 e. The Labute approximate surface area is 217 Å². The van der Waals surface area contributed by atoms with Gasteiger partial charge in [-0.3, -0.25) is 14.5 Å². The van der Waals surface area contributed by atoms with Crippen molar-refractivity contribution in [3.05, 3.63) is 65.7 Å². The molecule has 0 saturated carbocycles. The van der Waals surface area contributed by atoms with Gasteiger partial charge >= 0.3 is 0 Å². The van der Waals surface area contributed by atoms with Crippen LogP contribution in [0.5, 0.6) is 0 Å². The van der Waals surface area contributed by atoms with Crippen LogP contribution in [0.15, 0.2) is 53.2 Å². The Kier molecular flexibility index (Phi) is 7.59. The number of carbonyl (C=O) groups excluding carboxylic acids is 2. The number of fused-ring (bicyclic) bond motifs is 1. The summed E-state index contributed by atoms with van der Waals surface area (Å²) >= 11 is 0. The maximum absolute atomic E-state index is 13.3. The fraction of sp³-hybridized carbons (Fsp3) is 0.379. The van der Waals surface area contributed by atoms with E-state index in [1.807, 2.05) is 54.0 Å². The number of aromatic nitrogens is 3. The number of benzene rings is 2. The van der Waals surface area contributed by atoms with E-state index in [-0.39, 0.29) is 5.41 Å². The van der Waals surface area contributed by atoms with E-state index in [1.54, 1.807) is 6.20 Å². The maximum Gasteiger partial charge on any atom is 0.296 e. The lowest BCUT2D eigenvalue weighted by Gasteiger charge is -2.19. The van der Waals surface area contributed by atoms with E-state index in [0.29, 0.717) is 41.4 Å². The molecular formula is C29H35N5O3. The molecule has 4 aromatic rings. The third kappa shape index (κ3) is 5.64. The van der Waals surface area contributed by atoms with E-state index < -0.39 is 11.7 Å². The van der Waals surface area contributed by atoms with E-state index in [0.717, 1.165) is 29.7 Å². The van der Waals surface area contributed by atoms with Crippen molar-refractivity contribution in [2.45, 2.75) is 60.0 Å². The summed E-state index contributed by atoms with van der Waals surface area (Å²) in [5.41, 5.74) is 3.67. The lowest BCUT2D eigenvalue weighted by atomic mass is 9.87. The highest BCUT2D eigenvalue weighted by Crippen LogP contribution is 2.28. The molecule has 0 atom stereocenters. The molecule has 0 saturated heterocycles. The summed E-state index contributed by atoms with van der Waals surface area (Å²) in [7, 11) is 0. The van der Waals surface area contributed by atoms with Gasteiger partial charge in [0, 0.05) is 34.9 Å². The minimum Gasteiger partial charge on any atom is -0.347 e. The number of rotatable bonds is 9. The summed E-state index contributed by atoms with van der Waals surface area (Å²) in [4.78, 5) is 33.0. The number of anilines is 1. The lowest BCUT2D eigenvalue weighted by molar-refractivity contribution is -0.112. The quantitative estimate of drug-likeness (QED) is 0.235. The van der Waals surface area contributed by atoms with Gasteiger partial charge in [0.25, 0.3) is 11.7 Å². The molecule has 8 heteroatoms. The molecule has 2 heterocycles. The maximum atomic E-state index is 13.3. The third-order valence-corrected chi connectivity index (χ3v) is 6.66. The highest BCUT2D eigenvalue weighted by atomic mass is 16.5. The van der Waals surface area contributed by atoms with Crippen molar-refractivity contribution in [1.82, 2.24) is 19.6 Å². The molecule has 0 fully saturated rings. The average molecular weight is 502 g/mol. The molecular weight excluding hydrogens is 466 g/mol. The predicted octanol–water partition coefficient (Wildman–Crippen LogP) is 5.67. The molecule has 0 bridgehead atoms. The van der Waals surface area contributed by atoms with Crippen LogP contribution in [0, 0.1) is 0 Å². The summed E-state index contributed by atoms with van der Waals surface area (Å²) in [5.74, 6) is -0.275. The molecule has 0 radical (unpaired) electrons. The monoisotopic (exact) mass is 501 g/mol. The van der Waals surface area contributed by atoms with Crippen molar-refractivity contribution in [2.24, 2.45) is 0 Å². The molecule has 8 nitrogen and oxygen atoms in total. The second-order valence-corrected chi connectivity index (χ2v) is 10.1. The van der Waals surface area contributed by atoms with Crippen molar-refractivity contribution in [3.8, 4) is 11.4 Å². The van der Waals surface area contributed by atoms with Crippen molar-refractivity contribution in [1.29, 1.82) is 0 Å². The molecule has 1 amide bonds. The second kappa shape index (κ2) is 10.7. The summed E-state index contributed by atoms with van der Waals surface area (Å²) in [6.07, 6.45) is 1.74. The van der Waals surface area contributed by atoms with Crippen LogP contribution < -0.4 is 5.32 Å². The van der Waals surface area contributed by atoms with Crippen molar-refractivity contribution < 1.29 is 14.1 Å². The van der Waals surface area contributed by atoms with Crippen molar-refractivity contribution in [3.63, 3.8) is 0 Å². The molecule has 0 aliphatic heterocycles. The standard InChI is InChI=1S/C29H35N5O3/c1-7-33(8-2)18-25-31-27(32-37-25)19-10-15-24-22(16-19)23(17-34(24)9-3)26(35)28(36)30-21-13-11-20(12-14-21)29(4,5)6/h10-17H,7-9,18H2,1-6H3,(H,30,36). The zero-order valence-electron chi connectivity index (χ0n) is 22.5. The molecule has 0 spiro atoms. The molecule has 0 aliphatic carbocycles. The van der Waals surface area contributed by atoms with Crippen LogP contribution in [0.25, 0.3) is 22.3 Å². The predicted molar refractivity (Wildman–Crippen MR) is 146 cm³/mol. The van der Waals surface area contributed by atoms with Gasteiger partial charge in [0.1, 0.15) is 0 Å². The number of aryl methyl sites for hydroxylation is 1. The topological polar surface area (TPSA) is 93.3 Å². The summed E-state index contributed by atoms with van der Waals surface area (Å²) < 4.78 is 7.42. The Morgan fingerprint density at radius 2 is 1.73 bits per heavy atom. The van der Waals surface area contributed by atoms with Crippen LogP contribution in [0.1, 0.15) is 63.4 Å². The van der Waals surface area contributed by atoms with Gasteiger partial charge in [0.2, 0.25) is 11.7 Å². The first kappa shape index (κ1) is 26.3. The molecule has 0 aliphatic rings. The number of hydrogen-bond donors (Lipinski definition) is 1. The van der Waals surface area contributed by atoms with Crippen LogP contribution in [0.2, 0.25) is 0 Å². The van der Waals surface area contributed by atoms with Gasteiger partial charge in [-0.1, -0.05) is 51.9 Å². The summed E-state index contributed by atoms with van der Waals surface area (Å²) in [6.45, 7) is 15.6. The Morgan fingerprint density at radius 1 is 1.03 bits per heavy atom. The van der Waals surface area contributed by atoms with E-state index in [4.69, 9.17) is 4.52 Å². The largest absolute Gasteiger partial charge is 0.347 e. The molecule has 1 N–H and O–H groups in total. The fourth-order valence-corrected chi connectivity index (χ4v) is 4.32. The highest BCUT2D eigenvalue weighted by Gasteiger charge is 2.23. The van der Waals surface area contributed by atoms with Crippen LogP contribution in [-0.2, 0) is 23.3 Å². The average Bonchev–Trinajstić information content (AvgIpc) is 3.50. The number of amides is 1. The third-order valence-electron chi connectivity index (χ3n) is 6.66. The Balaban J connectivity index is 1.61. The molecule has 37 heavy (non-hydrogen) atoms. The van der Waals surface area contributed by atoms with Gasteiger partial charge in [0.15, 0.2) is 0 Å². The van der Waals surface area contributed by atoms with Gasteiger partial charge in [-0.15, -0.1) is 0 Å². The highest BCUT2D eigenvalue weighted by molar-refractivity contribution is 6.48. The molecule has 0 unspecified atom stereocenters. The zero-order valence-corrected chi connectivity index (χ0v) is 22.5. The molecule has 2 aromatic carbocycles. The van der Waals surface area contributed by atoms with E-state index in [2.05, 4.69) is 55.0 Å². The number of carbonyl (C=O) groups is 2. The van der Waals surface area contributed by atoms with Crippen molar-refractivity contribution >= 4 is 28.3 Å². The summed E-state index contributed by atoms with van der Waals surface area (Å²) in [5, 5.41) is 7.57. The van der Waals surface area contributed by atoms with Gasteiger partial charge < -0.3 is 14.4 Å². The van der Waals surface area contributed by atoms with Gasteiger partial charge in [0.05, 0.1) is 12.1 Å². The first-order valence-corrected chi connectivity index (χ1v) is 12.8. The van der Waals surface area contributed by atoms with Gasteiger partial charge in [-0.25, -0.2) is 0 Å². The lowest BCUT2D eigenvalue weighted by Crippen LogP contribution is -2.23. The summed E-state index contributed by atoms with van der Waals surface area (Å²) in [6, 6.07) is 13.3. The van der Waals surface area contributed by atoms with E-state index in [9.17, 15) is 9.59 Å². The van der Waals surface area contributed by atoms with E-state index >= 15 is 0 Å². The number of hydrogen-bond acceptors (Lipinski definition) is 6. The van der Waals surface area contributed by atoms with Crippen LogP contribution >= 0.6 is 0 Å². The number of ketones is 1. The SMILES string of the molecule is CCN(CC)Cc1nc(-c2ccc3c(c2)c(C(=O)C(=O)Nc2ccc(C(C)(C)C)cc2)cn3CC)no1. The number of nitrogens with zero attached hydrogens (tertiary/aromatic N) is 4. The van der Waals surface area contributed by atoms with E-state index in [1.165, 1.54) is 0 Å². The van der Waals surface area contributed by atoms with Crippen LogP contribution in [0.3, 0.4) is 0 Å². The first-order chi connectivity index (χ1) is 17.6. The normalized spacial score (nSPS) is 11.9. The number of nitrogens with one attached hydrogen (secondary N) is 1. The number of Topliss-reactive ketones (excluding diaryl/α,β-unsaturated/α-hetero) is 1. The fourth-order valence-electron chi connectivity index (χ4n) is 4.32. The zero-order chi connectivity index (χ0) is 26.7. The molecule has 194 valence electrons. The van der Waals surface area contributed by atoms with Gasteiger partial charge in [-0.2, -0.15) is 4.98 Å². The minimum absolute atomic E-state index is 0.00287. The van der Waals surface area contributed by atoms with Crippen LogP contribution in [0.4, 0.5) is 5.69 Å². The second-order valence-electron chi connectivity index (χ2n) is 10.1. The Morgan fingerprint density at radius 3 is 2.35 bits per heavy atom. The van der Waals surface area contributed by atoms with Crippen molar-refractivity contribution in [2.75, 3.05) is 18.4 Å². The van der Waals surface area contributed by atoms with Crippen LogP contribution in [-0.4, -0.2) is 44.4 Å². The molecule has 2 aromatic heterocycles. The first-order valence-electron chi connectivity index (χ1n) is 12.8.